The van der Waals surface area contributed by atoms with Crippen LogP contribution in [-0.4, -0.2) is 11.6 Å². The lowest BCUT2D eigenvalue weighted by atomic mass is 10.1. The van der Waals surface area contributed by atoms with Crippen LogP contribution in [0, 0.1) is 6.92 Å². The van der Waals surface area contributed by atoms with Gasteiger partial charge in [0.2, 0.25) is 0 Å². The van der Waals surface area contributed by atoms with Crippen LogP contribution in [0.4, 0.5) is 0 Å². The predicted octanol–water partition coefficient (Wildman–Crippen LogP) is 2.90. The lowest BCUT2D eigenvalue weighted by Gasteiger charge is -2.02. The number of hydrogen-bond acceptors (Lipinski definition) is 2. The molecule has 0 bridgehead atoms. The first-order chi connectivity index (χ1) is 7.63. The molecule has 0 radical (unpaired) electrons. The molecule has 1 amide bonds. The van der Waals surface area contributed by atoms with Crippen LogP contribution in [0.1, 0.15) is 42.6 Å². The summed E-state index contributed by atoms with van der Waals surface area (Å²) in [6.45, 7) is 5.99. The molecular formula is C13H18N2O. The van der Waals surface area contributed by atoms with Gasteiger partial charge in [-0.1, -0.05) is 31.0 Å². The van der Waals surface area contributed by atoms with Gasteiger partial charge in [0.05, 0.1) is 0 Å². The van der Waals surface area contributed by atoms with Gasteiger partial charge in [-0.25, -0.2) is 5.43 Å². The number of rotatable bonds is 4. The van der Waals surface area contributed by atoms with E-state index in [0.29, 0.717) is 5.56 Å². The summed E-state index contributed by atoms with van der Waals surface area (Å²) in [5.74, 6) is -0.157. The lowest BCUT2D eigenvalue weighted by Crippen LogP contribution is -2.18. The average molecular weight is 218 g/mol. The minimum atomic E-state index is -0.157. The molecule has 0 spiro atoms. The maximum absolute atomic E-state index is 11.6. The van der Waals surface area contributed by atoms with Crippen LogP contribution >= 0.6 is 0 Å². The quantitative estimate of drug-likeness (QED) is 0.612. The van der Waals surface area contributed by atoms with E-state index in [0.717, 1.165) is 24.1 Å². The van der Waals surface area contributed by atoms with E-state index in [9.17, 15) is 4.79 Å². The van der Waals surface area contributed by atoms with E-state index in [1.54, 1.807) is 12.1 Å². The number of nitrogens with zero attached hydrogens (tertiary/aromatic N) is 1. The van der Waals surface area contributed by atoms with Crippen molar-refractivity contribution in [2.24, 2.45) is 5.10 Å². The number of carbonyl (C=O) groups excluding carboxylic acids is 1. The first kappa shape index (κ1) is 12.4. The van der Waals surface area contributed by atoms with Crippen molar-refractivity contribution in [3.05, 3.63) is 35.4 Å². The number of hydrazone groups is 1. The molecule has 0 aliphatic carbocycles. The highest BCUT2D eigenvalue weighted by molar-refractivity contribution is 5.95. The smallest absolute Gasteiger partial charge is 0.267 e. The first-order valence-electron chi connectivity index (χ1n) is 5.53. The van der Waals surface area contributed by atoms with Crippen LogP contribution in [0.2, 0.25) is 0 Å². The predicted molar refractivity (Wildman–Crippen MR) is 66.7 cm³/mol. The zero-order valence-corrected chi connectivity index (χ0v) is 10.1. The van der Waals surface area contributed by atoms with Crippen LogP contribution < -0.4 is 5.43 Å². The molecule has 16 heavy (non-hydrogen) atoms. The lowest BCUT2D eigenvalue weighted by molar-refractivity contribution is 0.0954. The fourth-order valence-corrected chi connectivity index (χ4v) is 1.33. The summed E-state index contributed by atoms with van der Waals surface area (Å²) in [6, 6.07) is 7.43. The van der Waals surface area contributed by atoms with Crippen LogP contribution in [0.15, 0.2) is 29.4 Å². The van der Waals surface area contributed by atoms with E-state index in [4.69, 9.17) is 0 Å². The van der Waals surface area contributed by atoms with E-state index >= 15 is 0 Å². The van der Waals surface area contributed by atoms with Gasteiger partial charge in [0.1, 0.15) is 0 Å². The highest BCUT2D eigenvalue weighted by atomic mass is 16.2. The molecule has 1 rings (SSSR count). The number of benzene rings is 1. The SMILES string of the molecule is CCCC(C)=NNC(=O)c1ccc(C)cc1. The first-order valence-corrected chi connectivity index (χ1v) is 5.53. The molecule has 0 atom stereocenters. The number of hydrogen-bond donors (Lipinski definition) is 1. The standard InChI is InChI=1S/C13H18N2O/c1-4-5-11(3)14-15-13(16)12-8-6-10(2)7-9-12/h6-9H,4-5H2,1-3H3,(H,15,16). The molecule has 0 aliphatic heterocycles. The van der Waals surface area contributed by atoms with Crippen molar-refractivity contribution < 1.29 is 4.79 Å². The van der Waals surface area contributed by atoms with Crippen LogP contribution in [-0.2, 0) is 0 Å². The Morgan fingerprint density at radius 3 is 2.50 bits per heavy atom. The van der Waals surface area contributed by atoms with Crippen LogP contribution in [0.5, 0.6) is 0 Å². The molecule has 0 saturated carbocycles. The zero-order valence-electron chi connectivity index (χ0n) is 10.1. The van der Waals surface area contributed by atoms with Gasteiger partial charge in [0, 0.05) is 11.3 Å². The van der Waals surface area contributed by atoms with E-state index in [1.165, 1.54) is 0 Å². The molecule has 1 aromatic carbocycles. The van der Waals surface area contributed by atoms with E-state index in [2.05, 4.69) is 17.5 Å². The largest absolute Gasteiger partial charge is 0.271 e. The molecular weight excluding hydrogens is 200 g/mol. The molecule has 0 saturated heterocycles. The maximum Gasteiger partial charge on any atom is 0.271 e. The minimum absolute atomic E-state index is 0.157. The monoisotopic (exact) mass is 218 g/mol. The number of aryl methyl sites for hydroxylation is 1. The Bertz CT molecular complexity index is 379. The number of carbonyl (C=O) groups is 1. The summed E-state index contributed by atoms with van der Waals surface area (Å²) in [5, 5.41) is 4.03. The summed E-state index contributed by atoms with van der Waals surface area (Å²) in [4.78, 5) is 11.6. The second-order valence-electron chi connectivity index (χ2n) is 3.90. The Morgan fingerprint density at radius 2 is 1.94 bits per heavy atom. The molecule has 0 fully saturated rings. The second-order valence-corrected chi connectivity index (χ2v) is 3.90. The van der Waals surface area contributed by atoms with Crippen LogP contribution in [0.3, 0.4) is 0 Å². The van der Waals surface area contributed by atoms with Crippen molar-refractivity contribution in [3.63, 3.8) is 0 Å². The van der Waals surface area contributed by atoms with E-state index < -0.39 is 0 Å². The Kier molecular flexibility index (Phi) is 4.70. The summed E-state index contributed by atoms with van der Waals surface area (Å²) >= 11 is 0. The Morgan fingerprint density at radius 1 is 1.31 bits per heavy atom. The van der Waals surface area contributed by atoms with Gasteiger partial charge in [0.25, 0.3) is 5.91 Å². The Labute approximate surface area is 96.6 Å². The average Bonchev–Trinajstić information content (AvgIpc) is 2.27. The van der Waals surface area contributed by atoms with Crippen molar-refractivity contribution >= 4 is 11.6 Å². The van der Waals surface area contributed by atoms with Gasteiger partial charge in [-0.15, -0.1) is 0 Å². The third-order valence-corrected chi connectivity index (χ3v) is 2.27. The molecule has 3 nitrogen and oxygen atoms in total. The molecule has 0 aromatic heterocycles. The molecule has 0 aliphatic rings. The third-order valence-electron chi connectivity index (χ3n) is 2.27. The Balaban J connectivity index is 2.59. The van der Waals surface area contributed by atoms with E-state index in [1.807, 2.05) is 26.0 Å². The van der Waals surface area contributed by atoms with Gasteiger partial charge in [-0.3, -0.25) is 4.79 Å². The van der Waals surface area contributed by atoms with E-state index in [-0.39, 0.29) is 5.91 Å². The summed E-state index contributed by atoms with van der Waals surface area (Å²) in [6.07, 6.45) is 1.95. The molecule has 1 N–H and O–H groups in total. The normalized spacial score (nSPS) is 11.3. The van der Waals surface area contributed by atoms with Gasteiger partial charge in [-0.2, -0.15) is 5.10 Å². The van der Waals surface area contributed by atoms with Crippen molar-refractivity contribution in [3.8, 4) is 0 Å². The summed E-state index contributed by atoms with van der Waals surface area (Å²) in [5.41, 5.74) is 5.28. The minimum Gasteiger partial charge on any atom is -0.267 e. The number of amides is 1. The van der Waals surface area contributed by atoms with Crippen molar-refractivity contribution in [2.75, 3.05) is 0 Å². The third kappa shape index (κ3) is 3.85. The summed E-state index contributed by atoms with van der Waals surface area (Å²) < 4.78 is 0. The van der Waals surface area contributed by atoms with Gasteiger partial charge in [-0.05, 0) is 32.4 Å². The van der Waals surface area contributed by atoms with Crippen LogP contribution in [0.25, 0.3) is 0 Å². The molecule has 86 valence electrons. The van der Waals surface area contributed by atoms with Gasteiger partial charge < -0.3 is 0 Å². The highest BCUT2D eigenvalue weighted by Crippen LogP contribution is 2.02. The van der Waals surface area contributed by atoms with Gasteiger partial charge in [0.15, 0.2) is 0 Å². The fraction of sp³-hybridized carbons (Fsp3) is 0.385. The second kappa shape index (κ2) is 6.05. The van der Waals surface area contributed by atoms with Crippen molar-refractivity contribution in [1.82, 2.24) is 5.43 Å². The molecule has 0 unspecified atom stereocenters. The Hall–Kier alpha value is -1.64. The van der Waals surface area contributed by atoms with Crippen molar-refractivity contribution in [2.45, 2.75) is 33.6 Å². The molecule has 3 heteroatoms. The van der Waals surface area contributed by atoms with Crippen molar-refractivity contribution in [1.29, 1.82) is 0 Å². The topological polar surface area (TPSA) is 41.5 Å². The highest BCUT2D eigenvalue weighted by Gasteiger charge is 2.03. The zero-order chi connectivity index (χ0) is 12.0. The summed E-state index contributed by atoms with van der Waals surface area (Å²) in [7, 11) is 0. The number of nitrogens with one attached hydrogen (secondary N) is 1. The van der Waals surface area contributed by atoms with Gasteiger partial charge >= 0.3 is 0 Å². The fourth-order valence-electron chi connectivity index (χ4n) is 1.33. The molecule has 1 aromatic rings. The molecule has 0 heterocycles. The maximum atomic E-state index is 11.6.